The van der Waals surface area contributed by atoms with Crippen LogP contribution in [0, 0.1) is 5.92 Å². The highest BCUT2D eigenvalue weighted by Gasteiger charge is 2.40. The molecule has 0 amide bonds. The van der Waals surface area contributed by atoms with E-state index >= 15 is 0 Å². The fourth-order valence-electron chi connectivity index (χ4n) is 3.06. The van der Waals surface area contributed by atoms with Gasteiger partial charge in [-0.3, -0.25) is 0 Å². The lowest BCUT2D eigenvalue weighted by Gasteiger charge is -2.45. The minimum absolute atomic E-state index is 0.0753. The van der Waals surface area contributed by atoms with Crippen molar-refractivity contribution in [1.82, 2.24) is 5.32 Å². The van der Waals surface area contributed by atoms with Crippen LogP contribution in [0.1, 0.15) is 43.6 Å². The van der Waals surface area contributed by atoms with E-state index in [1.807, 2.05) is 6.07 Å². The lowest BCUT2D eigenvalue weighted by molar-refractivity contribution is -0.139. The second-order valence-electron chi connectivity index (χ2n) is 5.74. The predicted molar refractivity (Wildman–Crippen MR) is 76.4 cm³/mol. The van der Waals surface area contributed by atoms with Gasteiger partial charge in [0.05, 0.1) is 9.94 Å². The van der Waals surface area contributed by atoms with Crippen LogP contribution in [-0.2, 0) is 4.74 Å². The Hall–Kier alpha value is -0.0900. The van der Waals surface area contributed by atoms with E-state index in [9.17, 15) is 0 Å². The van der Waals surface area contributed by atoms with E-state index in [1.165, 1.54) is 30.6 Å². The van der Waals surface area contributed by atoms with Gasteiger partial charge >= 0.3 is 0 Å². The molecule has 0 radical (unpaired) electrons. The first kappa shape index (κ1) is 12.9. The summed E-state index contributed by atoms with van der Waals surface area (Å²) in [6.07, 6.45) is 5.15. The molecule has 1 spiro atoms. The monoisotopic (exact) mass is 285 g/mol. The summed E-state index contributed by atoms with van der Waals surface area (Å²) in [7, 11) is 0. The van der Waals surface area contributed by atoms with E-state index in [1.54, 1.807) is 11.3 Å². The number of hydrogen-bond donors (Lipinski definition) is 1. The van der Waals surface area contributed by atoms with Gasteiger partial charge in [0.25, 0.3) is 0 Å². The topological polar surface area (TPSA) is 21.3 Å². The second-order valence-corrected chi connectivity index (χ2v) is 7.49. The normalized spacial score (nSPS) is 37.0. The quantitative estimate of drug-likeness (QED) is 0.842. The van der Waals surface area contributed by atoms with Crippen LogP contribution in [0.3, 0.4) is 0 Å². The number of ether oxygens (including phenoxy) is 1. The Morgan fingerprint density at radius 2 is 2.17 bits per heavy atom. The Kier molecular flexibility index (Phi) is 3.68. The predicted octanol–water partition coefficient (Wildman–Crippen LogP) is 4.01. The van der Waals surface area contributed by atoms with Gasteiger partial charge in [-0.25, -0.2) is 0 Å². The summed E-state index contributed by atoms with van der Waals surface area (Å²) < 4.78 is 7.30. The Balaban J connectivity index is 1.72. The van der Waals surface area contributed by atoms with E-state index in [-0.39, 0.29) is 11.7 Å². The molecule has 2 heterocycles. The number of rotatable bonds is 1. The highest BCUT2D eigenvalue weighted by Crippen LogP contribution is 2.41. The molecule has 1 aromatic heterocycles. The molecule has 2 nitrogen and oxygen atoms in total. The Morgan fingerprint density at radius 3 is 2.83 bits per heavy atom. The van der Waals surface area contributed by atoms with Crippen molar-refractivity contribution < 1.29 is 4.74 Å². The zero-order chi connectivity index (χ0) is 12.6. The maximum absolute atomic E-state index is 6.45. The number of thiophene rings is 1. The maximum Gasteiger partial charge on any atom is 0.105 e. The molecule has 1 atom stereocenters. The van der Waals surface area contributed by atoms with Crippen molar-refractivity contribution >= 4 is 22.9 Å². The van der Waals surface area contributed by atoms with Crippen LogP contribution in [0.2, 0.25) is 4.34 Å². The van der Waals surface area contributed by atoms with E-state index < -0.39 is 0 Å². The zero-order valence-corrected chi connectivity index (χ0v) is 12.3. The van der Waals surface area contributed by atoms with Crippen molar-refractivity contribution in [3.63, 3.8) is 0 Å². The second kappa shape index (κ2) is 5.12. The molecule has 1 unspecified atom stereocenters. The maximum atomic E-state index is 6.45. The fourth-order valence-corrected chi connectivity index (χ4v) is 4.15. The lowest BCUT2D eigenvalue weighted by Crippen LogP contribution is -2.52. The van der Waals surface area contributed by atoms with E-state index in [0.717, 1.165) is 23.3 Å². The van der Waals surface area contributed by atoms with Gasteiger partial charge < -0.3 is 10.1 Å². The minimum Gasteiger partial charge on any atom is -0.364 e. The van der Waals surface area contributed by atoms with Crippen LogP contribution < -0.4 is 5.32 Å². The molecule has 1 saturated carbocycles. The van der Waals surface area contributed by atoms with E-state index in [4.69, 9.17) is 16.3 Å². The largest absolute Gasteiger partial charge is 0.364 e. The molecular weight excluding hydrogens is 266 g/mol. The number of nitrogens with one attached hydrogen (secondary N) is 1. The van der Waals surface area contributed by atoms with Crippen LogP contribution in [0.25, 0.3) is 0 Å². The van der Waals surface area contributed by atoms with E-state index in [0.29, 0.717) is 0 Å². The van der Waals surface area contributed by atoms with Crippen LogP contribution in [0.5, 0.6) is 0 Å². The molecule has 1 aliphatic carbocycles. The van der Waals surface area contributed by atoms with Gasteiger partial charge in [0.2, 0.25) is 0 Å². The van der Waals surface area contributed by atoms with Crippen molar-refractivity contribution in [2.24, 2.45) is 5.92 Å². The van der Waals surface area contributed by atoms with Crippen LogP contribution in [0.4, 0.5) is 0 Å². The average molecular weight is 286 g/mol. The van der Waals surface area contributed by atoms with Crippen molar-refractivity contribution in [2.45, 2.75) is 44.3 Å². The Bertz CT molecular complexity index is 412. The van der Waals surface area contributed by atoms with Gasteiger partial charge in [0, 0.05) is 18.0 Å². The smallest absolute Gasteiger partial charge is 0.105 e. The number of halogens is 1. The first-order valence-electron chi connectivity index (χ1n) is 6.81. The molecule has 100 valence electrons. The fraction of sp³-hybridized carbons (Fsp3) is 0.714. The third kappa shape index (κ3) is 2.60. The summed E-state index contributed by atoms with van der Waals surface area (Å²) in [5, 5.41) is 3.56. The highest BCUT2D eigenvalue weighted by atomic mass is 35.5. The molecule has 4 heteroatoms. The van der Waals surface area contributed by atoms with Crippen molar-refractivity contribution in [2.75, 3.05) is 13.1 Å². The molecule has 1 N–H and O–H groups in total. The van der Waals surface area contributed by atoms with Crippen molar-refractivity contribution in [3.8, 4) is 0 Å². The van der Waals surface area contributed by atoms with Gasteiger partial charge in [-0.15, -0.1) is 11.3 Å². The summed E-state index contributed by atoms with van der Waals surface area (Å²) in [5.74, 6) is 0.857. The molecule has 1 aliphatic heterocycles. The van der Waals surface area contributed by atoms with Crippen LogP contribution >= 0.6 is 22.9 Å². The summed E-state index contributed by atoms with van der Waals surface area (Å²) in [6, 6.07) is 4.07. The summed E-state index contributed by atoms with van der Waals surface area (Å²) >= 11 is 7.66. The van der Waals surface area contributed by atoms with Gasteiger partial charge in [-0.05, 0) is 43.7 Å². The first-order valence-corrected chi connectivity index (χ1v) is 8.00. The third-order valence-corrected chi connectivity index (χ3v) is 5.59. The molecule has 0 aromatic carbocycles. The Labute approximate surface area is 118 Å². The summed E-state index contributed by atoms with van der Waals surface area (Å²) in [5.41, 5.74) is 0.0753. The zero-order valence-electron chi connectivity index (χ0n) is 10.7. The molecular formula is C14H20ClNOS. The molecule has 1 aromatic rings. The van der Waals surface area contributed by atoms with Crippen LogP contribution in [0.15, 0.2) is 12.1 Å². The molecule has 3 rings (SSSR count). The number of hydrogen-bond acceptors (Lipinski definition) is 3. The number of morpholine rings is 1. The molecule has 1 saturated heterocycles. The summed E-state index contributed by atoms with van der Waals surface area (Å²) in [4.78, 5) is 1.25. The molecule has 0 bridgehead atoms. The van der Waals surface area contributed by atoms with Crippen molar-refractivity contribution in [1.29, 1.82) is 0 Å². The first-order chi connectivity index (χ1) is 8.67. The van der Waals surface area contributed by atoms with Gasteiger partial charge in [-0.2, -0.15) is 0 Å². The average Bonchev–Trinajstić information content (AvgIpc) is 2.81. The SMILES string of the molecule is CC1CCC2(CC1)CNCC(c1ccc(Cl)s1)O2. The highest BCUT2D eigenvalue weighted by molar-refractivity contribution is 7.16. The van der Waals surface area contributed by atoms with Crippen LogP contribution in [-0.4, -0.2) is 18.7 Å². The van der Waals surface area contributed by atoms with Gasteiger partial charge in [-0.1, -0.05) is 18.5 Å². The standard InChI is InChI=1S/C14H20ClNOS/c1-10-4-6-14(7-5-10)9-16-8-11(17-14)12-2-3-13(15)18-12/h2-3,10-11,16H,4-9H2,1H3. The van der Waals surface area contributed by atoms with Gasteiger partial charge in [0.1, 0.15) is 6.10 Å². The minimum atomic E-state index is 0.0753. The third-order valence-electron chi connectivity index (χ3n) is 4.27. The van der Waals surface area contributed by atoms with Crippen molar-refractivity contribution in [3.05, 3.63) is 21.3 Å². The lowest BCUT2D eigenvalue weighted by atomic mass is 9.78. The van der Waals surface area contributed by atoms with E-state index in [2.05, 4.69) is 18.3 Å². The Morgan fingerprint density at radius 1 is 1.39 bits per heavy atom. The summed E-state index contributed by atoms with van der Waals surface area (Å²) in [6.45, 7) is 4.27. The molecule has 2 fully saturated rings. The van der Waals surface area contributed by atoms with Gasteiger partial charge in [0.15, 0.2) is 0 Å². The molecule has 18 heavy (non-hydrogen) atoms. The molecule has 2 aliphatic rings.